The third-order valence-corrected chi connectivity index (χ3v) is 2.00. The van der Waals surface area contributed by atoms with Gasteiger partial charge in [0, 0.05) is 0 Å². The fraction of sp³-hybridized carbons (Fsp3) is 0. The number of halogens is 4. The van der Waals surface area contributed by atoms with E-state index in [0.717, 1.165) is 0 Å². The van der Waals surface area contributed by atoms with Gasteiger partial charge in [0.1, 0.15) is 0 Å². The lowest BCUT2D eigenvalue weighted by Crippen LogP contribution is -1.96. The largest absolute Gasteiger partial charge is 0.204 e. The Morgan fingerprint density at radius 1 is 1.08 bits per heavy atom. The Labute approximate surface area is 76.3 Å². The number of hydrogen-bond acceptors (Lipinski definition) is 1. The Kier molecular flexibility index (Phi) is 2.98. The van der Waals surface area contributed by atoms with Gasteiger partial charge in [-0.25, -0.2) is 17.6 Å². The van der Waals surface area contributed by atoms with Gasteiger partial charge in [0.05, 0.1) is 4.90 Å². The van der Waals surface area contributed by atoms with Crippen LogP contribution in [-0.4, -0.2) is 0 Å². The molecule has 0 amide bonds. The van der Waals surface area contributed by atoms with Crippen molar-refractivity contribution in [2.45, 2.75) is 4.90 Å². The van der Waals surface area contributed by atoms with Gasteiger partial charge in [-0.15, -0.1) is 0 Å². The summed E-state index contributed by atoms with van der Waals surface area (Å²) < 4.78 is 50.2. The van der Waals surface area contributed by atoms with Crippen LogP contribution < -0.4 is 0 Å². The first-order valence-electron chi connectivity index (χ1n) is 3.18. The molecule has 0 nitrogen and oxygen atoms in total. The Hall–Kier alpha value is -0.970. The van der Waals surface area contributed by atoms with Crippen LogP contribution in [0, 0.1) is 23.3 Å². The van der Waals surface area contributed by atoms with Crippen molar-refractivity contribution in [2.24, 2.45) is 0 Å². The minimum absolute atomic E-state index is 0.327. The van der Waals surface area contributed by atoms with Crippen LogP contribution in [0.3, 0.4) is 0 Å². The maximum atomic E-state index is 12.8. The second-order valence-corrected chi connectivity index (χ2v) is 3.09. The number of hydrogen-bond donors (Lipinski definition) is 0. The molecule has 0 saturated heterocycles. The molecule has 0 N–H and O–H groups in total. The van der Waals surface area contributed by atoms with E-state index in [9.17, 15) is 17.6 Å². The van der Waals surface area contributed by atoms with Crippen molar-refractivity contribution in [3.8, 4) is 0 Å². The minimum Gasteiger partial charge on any atom is -0.204 e. The van der Waals surface area contributed by atoms with E-state index in [1.54, 1.807) is 0 Å². The molecule has 0 spiro atoms. The van der Waals surface area contributed by atoms with E-state index < -0.39 is 23.3 Å². The normalized spacial score (nSPS) is 10.2. The molecule has 1 rings (SSSR count). The van der Waals surface area contributed by atoms with Crippen LogP contribution >= 0.6 is 11.8 Å². The van der Waals surface area contributed by atoms with Gasteiger partial charge in [-0.1, -0.05) is 18.3 Å². The third-order valence-electron chi connectivity index (χ3n) is 1.28. The minimum atomic E-state index is -1.80. The molecule has 13 heavy (non-hydrogen) atoms. The van der Waals surface area contributed by atoms with Crippen molar-refractivity contribution >= 4 is 11.8 Å². The Morgan fingerprint density at radius 3 is 2.23 bits per heavy atom. The number of benzene rings is 1. The van der Waals surface area contributed by atoms with Crippen molar-refractivity contribution in [1.82, 2.24) is 0 Å². The molecule has 0 unspecified atom stereocenters. The molecule has 0 aromatic heterocycles. The lowest BCUT2D eigenvalue weighted by molar-refractivity contribution is 0.398. The van der Waals surface area contributed by atoms with Crippen LogP contribution in [0.5, 0.6) is 0 Å². The summed E-state index contributed by atoms with van der Waals surface area (Å²) in [6.45, 7) is 3.24. The molecule has 0 bridgehead atoms. The Balaban J connectivity index is 3.31. The molecule has 0 aliphatic carbocycles. The van der Waals surface area contributed by atoms with E-state index in [1.807, 2.05) is 0 Å². The van der Waals surface area contributed by atoms with Crippen LogP contribution in [0.2, 0.25) is 0 Å². The van der Waals surface area contributed by atoms with Gasteiger partial charge >= 0.3 is 0 Å². The average Bonchev–Trinajstić information content (AvgIpc) is 2.11. The highest BCUT2D eigenvalue weighted by Gasteiger charge is 2.18. The quantitative estimate of drug-likeness (QED) is 0.310. The summed E-state index contributed by atoms with van der Waals surface area (Å²) in [5.41, 5.74) is 0. The van der Waals surface area contributed by atoms with E-state index in [4.69, 9.17) is 0 Å². The van der Waals surface area contributed by atoms with Crippen LogP contribution in [0.15, 0.2) is 22.9 Å². The van der Waals surface area contributed by atoms with Gasteiger partial charge in [0.2, 0.25) is 0 Å². The van der Waals surface area contributed by atoms with Gasteiger partial charge in [0.15, 0.2) is 23.3 Å². The molecule has 0 heterocycles. The molecule has 0 fully saturated rings. The van der Waals surface area contributed by atoms with Crippen molar-refractivity contribution in [1.29, 1.82) is 0 Å². The standard InChI is InChI=1S/C8H4F4S/c1-2-13-5-3-4(9)6(10)8(12)7(5)11/h2-3H,1H2. The Morgan fingerprint density at radius 2 is 1.69 bits per heavy atom. The molecule has 0 saturated carbocycles. The molecule has 70 valence electrons. The van der Waals surface area contributed by atoms with Crippen LogP contribution in [0.1, 0.15) is 0 Å². The second kappa shape index (κ2) is 3.83. The summed E-state index contributed by atoms with van der Waals surface area (Å²) in [4.78, 5) is -0.327. The summed E-state index contributed by atoms with van der Waals surface area (Å²) in [7, 11) is 0. The molecule has 0 atom stereocenters. The zero-order valence-electron chi connectivity index (χ0n) is 6.28. The Bertz CT molecular complexity index is 348. The second-order valence-electron chi connectivity index (χ2n) is 2.08. The van der Waals surface area contributed by atoms with Crippen molar-refractivity contribution < 1.29 is 17.6 Å². The SMILES string of the molecule is C=CSc1cc(F)c(F)c(F)c1F. The van der Waals surface area contributed by atoms with Crippen LogP contribution in [-0.2, 0) is 0 Å². The fourth-order valence-electron chi connectivity index (χ4n) is 0.727. The van der Waals surface area contributed by atoms with Gasteiger partial charge < -0.3 is 0 Å². The van der Waals surface area contributed by atoms with Crippen molar-refractivity contribution in [3.05, 3.63) is 41.3 Å². The highest BCUT2D eigenvalue weighted by atomic mass is 32.2. The molecule has 0 radical (unpaired) electrons. The fourth-order valence-corrected chi connectivity index (χ4v) is 1.27. The highest BCUT2D eigenvalue weighted by molar-refractivity contribution is 8.02. The predicted molar refractivity (Wildman–Crippen MR) is 42.3 cm³/mol. The molecule has 1 aromatic rings. The first-order chi connectivity index (χ1) is 6.07. The summed E-state index contributed by atoms with van der Waals surface area (Å²) in [6, 6.07) is 0.583. The molecule has 5 heteroatoms. The smallest absolute Gasteiger partial charge is 0.198 e. The van der Waals surface area contributed by atoms with Gasteiger partial charge in [-0.05, 0) is 11.5 Å². The lowest BCUT2D eigenvalue weighted by Gasteiger charge is -2.01. The number of rotatable bonds is 2. The summed E-state index contributed by atoms with van der Waals surface area (Å²) >= 11 is 0.681. The third kappa shape index (κ3) is 1.85. The first-order valence-corrected chi connectivity index (χ1v) is 4.06. The molecular weight excluding hydrogens is 204 g/mol. The lowest BCUT2D eigenvalue weighted by atomic mass is 10.3. The highest BCUT2D eigenvalue weighted by Crippen LogP contribution is 2.27. The van der Waals surface area contributed by atoms with Crippen molar-refractivity contribution in [2.75, 3.05) is 0 Å². The van der Waals surface area contributed by atoms with Gasteiger partial charge in [0.25, 0.3) is 0 Å². The van der Waals surface area contributed by atoms with Gasteiger partial charge in [-0.2, -0.15) is 0 Å². The summed E-state index contributed by atoms with van der Waals surface area (Å²) in [5.74, 6) is -6.41. The zero-order chi connectivity index (χ0) is 10.0. The molecule has 0 aliphatic heterocycles. The molecular formula is C8H4F4S. The zero-order valence-corrected chi connectivity index (χ0v) is 7.10. The number of thioether (sulfide) groups is 1. The van der Waals surface area contributed by atoms with Gasteiger partial charge in [-0.3, -0.25) is 0 Å². The van der Waals surface area contributed by atoms with E-state index >= 15 is 0 Å². The van der Waals surface area contributed by atoms with E-state index in [2.05, 4.69) is 6.58 Å². The van der Waals surface area contributed by atoms with Crippen LogP contribution in [0.25, 0.3) is 0 Å². The maximum Gasteiger partial charge on any atom is 0.198 e. The van der Waals surface area contributed by atoms with E-state index in [0.29, 0.717) is 17.8 Å². The van der Waals surface area contributed by atoms with E-state index in [-0.39, 0.29) is 4.90 Å². The molecule has 0 aliphatic rings. The topological polar surface area (TPSA) is 0 Å². The van der Waals surface area contributed by atoms with Crippen LogP contribution in [0.4, 0.5) is 17.6 Å². The maximum absolute atomic E-state index is 12.8. The summed E-state index contributed by atoms with van der Waals surface area (Å²) in [5, 5.41) is 1.19. The molecule has 1 aromatic carbocycles. The monoisotopic (exact) mass is 208 g/mol. The first kappa shape index (κ1) is 10.1. The van der Waals surface area contributed by atoms with E-state index in [1.165, 1.54) is 5.41 Å². The average molecular weight is 208 g/mol. The summed E-state index contributed by atoms with van der Waals surface area (Å²) in [6.07, 6.45) is 0. The predicted octanol–water partition coefficient (Wildman–Crippen LogP) is 3.48. The van der Waals surface area contributed by atoms with Crippen molar-refractivity contribution in [3.63, 3.8) is 0 Å².